The third kappa shape index (κ3) is 7.37. The second-order valence-corrected chi connectivity index (χ2v) is 11.5. The fourth-order valence-corrected chi connectivity index (χ4v) is 4.29. The molecule has 1 fully saturated rings. The number of piperidine rings is 1. The van der Waals surface area contributed by atoms with Crippen molar-refractivity contribution in [2.45, 2.75) is 85.4 Å². The number of carboxylic acids is 1. The first-order chi connectivity index (χ1) is 17.1. The van der Waals surface area contributed by atoms with Gasteiger partial charge in [-0.3, -0.25) is 9.97 Å². The van der Waals surface area contributed by atoms with Crippen LogP contribution in [0, 0.1) is 12.3 Å². The van der Waals surface area contributed by atoms with Gasteiger partial charge in [-0.1, -0.05) is 20.8 Å². The van der Waals surface area contributed by atoms with Crippen LogP contribution < -0.4 is 9.64 Å². The van der Waals surface area contributed by atoms with Crippen molar-refractivity contribution in [3.63, 3.8) is 0 Å². The number of aryl methyl sites for hydroxylation is 1. The zero-order valence-electron chi connectivity index (χ0n) is 22.9. The summed E-state index contributed by atoms with van der Waals surface area (Å²) >= 11 is 0. The molecule has 1 aliphatic heterocycles. The number of alkyl halides is 2. The van der Waals surface area contributed by atoms with Crippen molar-refractivity contribution in [2.75, 3.05) is 24.6 Å². The van der Waals surface area contributed by atoms with E-state index >= 15 is 0 Å². The molecular weight excluding hydrogens is 480 g/mol. The summed E-state index contributed by atoms with van der Waals surface area (Å²) < 4.78 is 38.5. The van der Waals surface area contributed by atoms with Gasteiger partial charge in [-0.2, -0.15) is 0 Å². The summed E-state index contributed by atoms with van der Waals surface area (Å²) in [5, 5.41) is 10.2. The molecule has 0 aliphatic carbocycles. The lowest BCUT2D eigenvalue weighted by molar-refractivity contribution is -0.160. The minimum absolute atomic E-state index is 0.185. The van der Waals surface area contributed by atoms with E-state index in [1.54, 1.807) is 25.3 Å². The minimum atomic E-state index is -2.91. The third-order valence-corrected chi connectivity index (χ3v) is 6.66. The average Bonchev–Trinajstić information content (AvgIpc) is 2.81. The molecule has 0 unspecified atom stereocenters. The Bertz CT molecular complexity index is 1090. The van der Waals surface area contributed by atoms with Crippen molar-refractivity contribution in [1.29, 1.82) is 0 Å². The number of rotatable bonds is 9. The van der Waals surface area contributed by atoms with E-state index in [9.17, 15) is 18.7 Å². The Morgan fingerprint density at radius 3 is 2.32 bits per heavy atom. The first-order valence-electron chi connectivity index (χ1n) is 12.7. The summed E-state index contributed by atoms with van der Waals surface area (Å²) in [5.41, 5.74) is 2.50. The van der Waals surface area contributed by atoms with Crippen LogP contribution in [0.25, 0.3) is 11.3 Å². The van der Waals surface area contributed by atoms with Crippen molar-refractivity contribution in [1.82, 2.24) is 9.97 Å². The quantitative estimate of drug-likeness (QED) is 0.408. The van der Waals surface area contributed by atoms with E-state index in [0.29, 0.717) is 22.5 Å². The highest BCUT2D eigenvalue weighted by atomic mass is 19.3. The highest BCUT2D eigenvalue weighted by Crippen LogP contribution is 2.43. The van der Waals surface area contributed by atoms with Crippen molar-refractivity contribution in [3.8, 4) is 17.0 Å². The van der Waals surface area contributed by atoms with Crippen LogP contribution in [0.5, 0.6) is 5.75 Å². The Morgan fingerprint density at radius 1 is 1.16 bits per heavy atom. The van der Waals surface area contributed by atoms with Crippen LogP contribution in [0.15, 0.2) is 24.5 Å². The van der Waals surface area contributed by atoms with Crippen molar-refractivity contribution in [2.24, 2.45) is 5.41 Å². The Morgan fingerprint density at radius 2 is 1.81 bits per heavy atom. The molecule has 1 aliphatic rings. The molecule has 3 rings (SSSR count). The average molecular weight is 520 g/mol. The van der Waals surface area contributed by atoms with Crippen LogP contribution in [0.1, 0.15) is 78.2 Å². The van der Waals surface area contributed by atoms with Gasteiger partial charge < -0.3 is 19.5 Å². The minimum Gasteiger partial charge on any atom is -0.486 e. The summed E-state index contributed by atoms with van der Waals surface area (Å²) in [6.07, 6.45) is 3.44. The summed E-state index contributed by atoms with van der Waals surface area (Å²) in [6.45, 7) is 13.9. The molecule has 1 N–H and O–H groups in total. The zero-order chi connectivity index (χ0) is 27.6. The molecule has 9 heteroatoms. The van der Waals surface area contributed by atoms with Gasteiger partial charge in [0.15, 0.2) is 12.7 Å². The summed E-state index contributed by atoms with van der Waals surface area (Å²) in [6, 6.07) is 3.28. The Hall–Kier alpha value is -2.81. The number of hydrogen-bond donors (Lipinski definition) is 1. The number of hydrogen-bond acceptors (Lipinski definition) is 6. The van der Waals surface area contributed by atoms with E-state index in [2.05, 4.69) is 28.7 Å². The lowest BCUT2D eigenvalue weighted by Crippen LogP contribution is -2.39. The number of nitrogens with zero attached hydrogens (tertiary/aromatic N) is 3. The van der Waals surface area contributed by atoms with Gasteiger partial charge in [0.05, 0.1) is 23.2 Å². The van der Waals surface area contributed by atoms with E-state index in [0.717, 1.165) is 31.6 Å². The van der Waals surface area contributed by atoms with Gasteiger partial charge in [-0.15, -0.1) is 0 Å². The molecule has 1 saturated heterocycles. The topological polar surface area (TPSA) is 84.8 Å². The molecule has 0 spiro atoms. The number of carboxylic acid groups (broad SMARTS) is 1. The molecule has 0 bridgehead atoms. The van der Waals surface area contributed by atoms with Gasteiger partial charge in [-0.05, 0) is 58.1 Å². The summed E-state index contributed by atoms with van der Waals surface area (Å²) in [7, 11) is 0. The molecule has 0 saturated carbocycles. The van der Waals surface area contributed by atoms with E-state index in [1.165, 1.54) is 13.1 Å². The van der Waals surface area contributed by atoms with Gasteiger partial charge in [-0.25, -0.2) is 13.6 Å². The van der Waals surface area contributed by atoms with Crippen LogP contribution in [-0.4, -0.2) is 52.3 Å². The predicted octanol–water partition coefficient (Wildman–Crippen LogP) is 6.44. The van der Waals surface area contributed by atoms with Gasteiger partial charge in [0.25, 0.3) is 5.92 Å². The smallest absolute Gasteiger partial charge is 0.337 e. The third-order valence-electron chi connectivity index (χ3n) is 6.66. The van der Waals surface area contributed by atoms with E-state index < -0.39 is 30.2 Å². The highest BCUT2D eigenvalue weighted by Gasteiger charge is 2.36. The Kier molecular flexibility index (Phi) is 8.47. The monoisotopic (exact) mass is 519 g/mol. The standard InChI is InChI=1S/C28H39F2N3O4/c1-8-28(29,30)17-36-19-9-10-21(32-15-19)20-16-31-18(2)22(24(25(34)35)37-26(3,4)5)23(20)33-13-11-27(6,7)12-14-33/h9-10,15-16,24H,8,11-14,17H2,1-7H3,(H,34,35)/t24-/m0/s1. The molecule has 37 heavy (non-hydrogen) atoms. The Labute approximate surface area is 218 Å². The first kappa shape index (κ1) is 28.8. The fraction of sp³-hybridized carbons (Fsp3) is 0.607. The predicted molar refractivity (Wildman–Crippen MR) is 139 cm³/mol. The first-order valence-corrected chi connectivity index (χ1v) is 12.7. The largest absolute Gasteiger partial charge is 0.486 e. The van der Waals surface area contributed by atoms with Crippen molar-refractivity contribution >= 4 is 11.7 Å². The fourth-order valence-electron chi connectivity index (χ4n) is 4.29. The number of aromatic nitrogens is 2. The van der Waals surface area contributed by atoms with Crippen molar-refractivity contribution < 1.29 is 28.2 Å². The molecule has 2 aromatic rings. The molecule has 7 nitrogen and oxygen atoms in total. The lowest BCUT2D eigenvalue weighted by Gasteiger charge is -2.40. The van der Waals surface area contributed by atoms with Crippen LogP contribution in [0.4, 0.5) is 14.5 Å². The zero-order valence-corrected chi connectivity index (χ0v) is 22.9. The maximum Gasteiger partial charge on any atom is 0.337 e. The van der Waals surface area contributed by atoms with Gasteiger partial charge in [0, 0.05) is 42.5 Å². The number of ether oxygens (including phenoxy) is 2. The second-order valence-electron chi connectivity index (χ2n) is 11.5. The van der Waals surface area contributed by atoms with Crippen LogP contribution in [0.3, 0.4) is 0 Å². The lowest BCUT2D eigenvalue weighted by atomic mass is 9.82. The number of pyridine rings is 2. The van der Waals surface area contributed by atoms with Gasteiger partial charge in [0.2, 0.25) is 0 Å². The van der Waals surface area contributed by atoms with Crippen LogP contribution in [-0.2, 0) is 9.53 Å². The number of aliphatic carboxylic acids is 1. The summed E-state index contributed by atoms with van der Waals surface area (Å²) in [4.78, 5) is 23.7. The number of halogens is 2. The molecule has 2 aromatic heterocycles. The molecular formula is C28H39F2N3O4. The van der Waals surface area contributed by atoms with E-state index in [1.807, 2.05) is 20.8 Å². The van der Waals surface area contributed by atoms with Gasteiger partial charge >= 0.3 is 5.97 Å². The highest BCUT2D eigenvalue weighted by molar-refractivity contribution is 5.85. The Balaban J connectivity index is 2.09. The molecule has 3 heterocycles. The second kappa shape index (κ2) is 10.9. The normalized spacial score (nSPS) is 16.9. The van der Waals surface area contributed by atoms with E-state index in [-0.39, 0.29) is 17.6 Å². The van der Waals surface area contributed by atoms with Gasteiger partial charge in [0.1, 0.15) is 5.75 Å². The molecule has 0 radical (unpaired) electrons. The molecule has 1 atom stereocenters. The maximum atomic E-state index is 13.6. The van der Waals surface area contributed by atoms with E-state index in [4.69, 9.17) is 9.47 Å². The maximum absolute atomic E-state index is 13.6. The SMILES string of the molecule is CCC(F)(F)COc1ccc(-c2cnc(C)c([C@H](OC(C)(C)C)C(=O)O)c2N2CCC(C)(C)CC2)nc1. The summed E-state index contributed by atoms with van der Waals surface area (Å²) in [5.74, 6) is -3.77. The molecule has 0 aromatic carbocycles. The number of carbonyl (C=O) groups is 1. The van der Waals surface area contributed by atoms with Crippen LogP contribution in [0.2, 0.25) is 0 Å². The van der Waals surface area contributed by atoms with Crippen molar-refractivity contribution in [3.05, 3.63) is 35.8 Å². The molecule has 204 valence electrons. The number of anilines is 1. The van der Waals surface area contributed by atoms with Crippen LogP contribution >= 0.6 is 0 Å². The molecule has 0 amide bonds.